The third-order valence-corrected chi connectivity index (χ3v) is 8.40. The molecule has 11 nitrogen and oxygen atoms in total. The molecule has 3 fully saturated rings. The van der Waals surface area contributed by atoms with E-state index in [2.05, 4.69) is 20.7 Å². The van der Waals surface area contributed by atoms with Crippen molar-refractivity contribution in [2.45, 2.75) is 43.9 Å². The first-order chi connectivity index (χ1) is 20.5. The second kappa shape index (κ2) is 11.3. The number of rotatable bonds is 6. The van der Waals surface area contributed by atoms with E-state index in [1.165, 1.54) is 46.9 Å². The highest BCUT2D eigenvalue weighted by atomic mass is 35.5. The Kier molecular flexibility index (Phi) is 7.67. The van der Waals surface area contributed by atoms with Crippen molar-refractivity contribution in [2.24, 2.45) is 7.05 Å². The Morgan fingerprint density at radius 3 is 2.42 bits per heavy atom. The zero-order valence-electron chi connectivity index (χ0n) is 23.3. The number of anilines is 1. The van der Waals surface area contributed by atoms with Crippen LogP contribution < -0.4 is 10.6 Å². The van der Waals surface area contributed by atoms with Crippen LogP contribution in [0.5, 0.6) is 0 Å². The Morgan fingerprint density at radius 2 is 1.79 bits per heavy atom. The van der Waals surface area contributed by atoms with Crippen molar-refractivity contribution in [3.05, 3.63) is 52.7 Å². The number of amides is 3. The number of hydrogen-bond donors (Lipinski definition) is 2. The van der Waals surface area contributed by atoms with E-state index in [-0.39, 0.29) is 57.3 Å². The predicted octanol–water partition coefficient (Wildman–Crippen LogP) is 3.58. The smallest absolute Gasteiger partial charge is 0.338 e. The van der Waals surface area contributed by atoms with Crippen LogP contribution >= 0.6 is 11.6 Å². The molecule has 1 aliphatic carbocycles. The van der Waals surface area contributed by atoms with Crippen molar-refractivity contribution < 1.29 is 27.6 Å². The molecule has 3 aromatic rings. The number of aromatic nitrogens is 4. The summed E-state index contributed by atoms with van der Waals surface area (Å²) in [6.07, 6.45) is 1.21. The first kappa shape index (κ1) is 29.2. The number of halogens is 4. The summed E-state index contributed by atoms with van der Waals surface area (Å²) in [5.41, 5.74) is -0.540. The molecule has 2 saturated heterocycles. The van der Waals surface area contributed by atoms with Crippen molar-refractivity contribution in [1.82, 2.24) is 34.4 Å². The topological polar surface area (TPSA) is 117 Å². The van der Waals surface area contributed by atoms with Crippen LogP contribution in [0.1, 0.15) is 58.4 Å². The molecule has 0 bridgehead atoms. The van der Waals surface area contributed by atoms with Crippen molar-refractivity contribution >= 4 is 35.0 Å². The quantitative estimate of drug-likeness (QED) is 0.436. The molecule has 6 rings (SSSR count). The van der Waals surface area contributed by atoms with E-state index in [9.17, 15) is 27.6 Å². The highest BCUT2D eigenvalue weighted by molar-refractivity contribution is 6.34. The Morgan fingerprint density at radius 1 is 1.07 bits per heavy atom. The maximum Gasteiger partial charge on any atom is 0.435 e. The van der Waals surface area contributed by atoms with Gasteiger partial charge in [-0.1, -0.05) is 11.6 Å². The van der Waals surface area contributed by atoms with Gasteiger partial charge in [0.1, 0.15) is 0 Å². The van der Waals surface area contributed by atoms with Crippen molar-refractivity contribution in [3.8, 4) is 11.3 Å². The minimum absolute atomic E-state index is 0.0570. The monoisotopic (exact) mass is 618 g/mol. The van der Waals surface area contributed by atoms with Gasteiger partial charge in [-0.3, -0.25) is 19.1 Å². The molecule has 0 radical (unpaired) electrons. The van der Waals surface area contributed by atoms with Crippen LogP contribution in [-0.2, 0) is 18.0 Å². The Hall–Kier alpha value is -3.91. The van der Waals surface area contributed by atoms with Gasteiger partial charge in [0, 0.05) is 45.1 Å². The van der Waals surface area contributed by atoms with E-state index in [0.717, 1.165) is 32.2 Å². The molecule has 43 heavy (non-hydrogen) atoms. The summed E-state index contributed by atoms with van der Waals surface area (Å²) in [6.45, 7) is 2.46. The van der Waals surface area contributed by atoms with Crippen molar-refractivity contribution in [3.63, 3.8) is 0 Å². The zero-order valence-corrected chi connectivity index (χ0v) is 24.1. The average molecular weight is 619 g/mol. The van der Waals surface area contributed by atoms with Gasteiger partial charge in [-0.15, -0.1) is 0 Å². The molecule has 2 N–H and O–H groups in total. The average Bonchev–Trinajstić information content (AvgIpc) is 3.33. The number of nitrogens with one attached hydrogen (secondary N) is 2. The highest BCUT2D eigenvalue weighted by Gasteiger charge is 2.40. The summed E-state index contributed by atoms with van der Waals surface area (Å²) in [5.74, 6) is -0.991. The second-order valence-electron chi connectivity index (χ2n) is 11.0. The van der Waals surface area contributed by atoms with Gasteiger partial charge in [-0.05, 0) is 50.4 Å². The first-order valence-electron chi connectivity index (χ1n) is 14.1. The van der Waals surface area contributed by atoms with E-state index in [4.69, 9.17) is 11.6 Å². The van der Waals surface area contributed by atoms with E-state index >= 15 is 0 Å². The summed E-state index contributed by atoms with van der Waals surface area (Å²) in [5, 5.41) is 9.74. The molecule has 1 atom stereocenters. The standard InChI is InChI=1S/C28H30ClF3N8O3/c1-37-22(19-15-40(17-5-6-17)36-23(19)28(30,31)32)14-34-24(37)25(41)35-16-4-7-18(20(29)13-16)26(42)38-9-11-39(12-10-38)27(43)21-3-2-8-33-21/h4,7,13-15,17,21,33H,2-3,5-6,8-12H2,1H3,(H,35,41). The van der Waals surface area contributed by atoms with E-state index in [1.807, 2.05) is 0 Å². The predicted molar refractivity (Wildman–Crippen MR) is 151 cm³/mol. The largest absolute Gasteiger partial charge is 0.435 e. The fourth-order valence-electron chi connectivity index (χ4n) is 5.55. The maximum absolute atomic E-state index is 13.7. The number of piperazine rings is 1. The van der Waals surface area contributed by atoms with Gasteiger partial charge in [0.2, 0.25) is 5.91 Å². The van der Waals surface area contributed by atoms with E-state index < -0.39 is 17.8 Å². The van der Waals surface area contributed by atoms with Crippen LogP contribution in [0, 0.1) is 0 Å². The summed E-state index contributed by atoms with van der Waals surface area (Å²) in [6, 6.07) is 4.25. The second-order valence-corrected chi connectivity index (χ2v) is 11.4. The van der Waals surface area contributed by atoms with Gasteiger partial charge in [0.15, 0.2) is 11.5 Å². The molecule has 228 valence electrons. The van der Waals surface area contributed by atoms with Crippen LogP contribution in [0.3, 0.4) is 0 Å². The van der Waals surface area contributed by atoms with E-state index in [0.29, 0.717) is 26.2 Å². The van der Waals surface area contributed by atoms with Crippen LogP contribution in [-0.4, -0.2) is 85.6 Å². The number of carbonyl (C=O) groups is 3. The van der Waals surface area contributed by atoms with Gasteiger partial charge in [-0.25, -0.2) is 4.98 Å². The number of hydrogen-bond acceptors (Lipinski definition) is 6. The van der Waals surface area contributed by atoms with Crippen LogP contribution in [0.2, 0.25) is 5.02 Å². The summed E-state index contributed by atoms with van der Waals surface area (Å²) >= 11 is 6.44. The lowest BCUT2D eigenvalue weighted by Crippen LogP contribution is -2.54. The number of nitrogens with zero attached hydrogens (tertiary/aromatic N) is 6. The molecule has 2 aromatic heterocycles. The molecular weight excluding hydrogens is 589 g/mol. The minimum Gasteiger partial charge on any atom is -0.338 e. The minimum atomic E-state index is -4.67. The molecular formula is C28H30ClF3N8O3. The SMILES string of the molecule is Cn1c(-c2cn(C3CC3)nc2C(F)(F)F)cnc1C(=O)Nc1ccc(C(=O)N2CCN(C(=O)C3CCCN3)CC2)c(Cl)c1. The number of benzene rings is 1. The molecule has 3 amide bonds. The van der Waals surface area contributed by atoms with E-state index in [1.54, 1.807) is 9.80 Å². The Bertz CT molecular complexity index is 1570. The van der Waals surface area contributed by atoms with Gasteiger partial charge >= 0.3 is 6.18 Å². The van der Waals surface area contributed by atoms with Crippen molar-refractivity contribution in [2.75, 3.05) is 38.0 Å². The lowest BCUT2D eigenvalue weighted by molar-refractivity contribution is -0.141. The third kappa shape index (κ3) is 5.85. The maximum atomic E-state index is 13.7. The first-order valence-corrected chi connectivity index (χ1v) is 14.5. The van der Waals surface area contributed by atoms with Crippen LogP contribution in [0.25, 0.3) is 11.3 Å². The molecule has 1 aromatic carbocycles. The summed E-state index contributed by atoms with van der Waals surface area (Å²) in [4.78, 5) is 46.4. The fraction of sp³-hybridized carbons (Fsp3) is 0.464. The Labute approximate surface area is 250 Å². The van der Waals surface area contributed by atoms with Crippen LogP contribution in [0.4, 0.5) is 18.9 Å². The van der Waals surface area contributed by atoms with Gasteiger partial charge in [0.05, 0.1) is 40.1 Å². The third-order valence-electron chi connectivity index (χ3n) is 8.08. The zero-order chi connectivity index (χ0) is 30.5. The number of imidazole rings is 1. The lowest BCUT2D eigenvalue weighted by Gasteiger charge is -2.36. The highest BCUT2D eigenvalue weighted by Crippen LogP contribution is 2.41. The number of carbonyl (C=O) groups excluding carboxylic acids is 3. The molecule has 1 unspecified atom stereocenters. The molecule has 4 heterocycles. The van der Waals surface area contributed by atoms with Crippen LogP contribution in [0.15, 0.2) is 30.6 Å². The fourth-order valence-corrected chi connectivity index (χ4v) is 5.82. The summed E-state index contributed by atoms with van der Waals surface area (Å²) in [7, 11) is 1.46. The van der Waals surface area contributed by atoms with Gasteiger partial charge in [-0.2, -0.15) is 18.3 Å². The van der Waals surface area contributed by atoms with Gasteiger partial charge in [0.25, 0.3) is 11.8 Å². The molecule has 15 heteroatoms. The Balaban J connectivity index is 1.12. The normalized spacial score (nSPS) is 19.1. The molecule has 2 aliphatic heterocycles. The summed E-state index contributed by atoms with van der Waals surface area (Å²) < 4.78 is 43.8. The molecule has 3 aliphatic rings. The van der Waals surface area contributed by atoms with Crippen molar-refractivity contribution in [1.29, 1.82) is 0 Å². The lowest BCUT2D eigenvalue weighted by atomic mass is 10.1. The molecule has 1 saturated carbocycles. The van der Waals surface area contributed by atoms with Gasteiger partial charge < -0.3 is 25.0 Å². The number of alkyl halides is 3. The molecule has 0 spiro atoms.